The number of pyridine rings is 1. The first-order valence-electron chi connectivity index (χ1n) is 10.3. The maximum atomic E-state index is 13.0. The Hall–Kier alpha value is -3.65. The van der Waals surface area contributed by atoms with Crippen LogP contribution in [-0.2, 0) is 11.2 Å². The van der Waals surface area contributed by atoms with E-state index >= 15 is 0 Å². The van der Waals surface area contributed by atoms with Crippen LogP contribution in [0, 0.1) is 0 Å². The van der Waals surface area contributed by atoms with Gasteiger partial charge < -0.3 is 10.5 Å². The van der Waals surface area contributed by atoms with Crippen LogP contribution in [0.15, 0.2) is 89.8 Å². The molecule has 0 radical (unpaired) electrons. The second-order valence-corrected chi connectivity index (χ2v) is 7.63. The predicted octanol–water partition coefficient (Wildman–Crippen LogP) is 6.05. The van der Waals surface area contributed by atoms with E-state index in [1.165, 1.54) is 24.3 Å². The Labute approximate surface area is 199 Å². The zero-order chi connectivity index (χ0) is 24.6. The molecule has 0 spiro atoms. The molecule has 0 amide bonds. The van der Waals surface area contributed by atoms with E-state index in [1.807, 2.05) is 12.1 Å². The molecule has 176 valence electrons. The van der Waals surface area contributed by atoms with Gasteiger partial charge in [0, 0.05) is 18.0 Å². The van der Waals surface area contributed by atoms with Gasteiger partial charge >= 0.3 is 12.1 Å². The highest BCUT2D eigenvalue weighted by Crippen LogP contribution is 2.27. The highest BCUT2D eigenvalue weighted by atomic mass is 35.5. The fourth-order valence-corrected chi connectivity index (χ4v) is 3.11. The van der Waals surface area contributed by atoms with E-state index in [-0.39, 0.29) is 28.6 Å². The number of aromatic nitrogens is 1. The lowest BCUT2D eigenvalue weighted by Crippen LogP contribution is -2.21. The van der Waals surface area contributed by atoms with Gasteiger partial charge in [0.15, 0.2) is 0 Å². The number of para-hydroxylation sites is 1. The number of nitrogens with zero attached hydrogens (tertiary/aromatic N) is 2. The minimum absolute atomic E-state index is 0.0562. The number of alkyl halides is 3. The zero-order valence-corrected chi connectivity index (χ0v) is 18.7. The lowest BCUT2D eigenvalue weighted by molar-refractivity contribution is -0.0925. The molecule has 0 saturated carbocycles. The summed E-state index contributed by atoms with van der Waals surface area (Å²) in [6, 6.07) is 16.1. The molecular formula is C25H21ClF3N3O2. The summed E-state index contributed by atoms with van der Waals surface area (Å²) in [6.45, 7) is 0.222. The van der Waals surface area contributed by atoms with Crippen LogP contribution in [0.25, 0.3) is 0 Å². The second-order valence-electron chi connectivity index (χ2n) is 7.22. The normalized spacial score (nSPS) is 12.5. The van der Waals surface area contributed by atoms with Crippen LogP contribution in [0.2, 0.25) is 5.02 Å². The number of allylic oxidation sites excluding steroid dienone is 2. The first-order valence-corrected chi connectivity index (χ1v) is 10.7. The van der Waals surface area contributed by atoms with Crippen molar-refractivity contribution < 1.29 is 22.7 Å². The summed E-state index contributed by atoms with van der Waals surface area (Å²) < 4.78 is 44.4. The van der Waals surface area contributed by atoms with Crippen molar-refractivity contribution in [2.45, 2.75) is 19.0 Å². The highest BCUT2D eigenvalue weighted by molar-refractivity contribution is 6.33. The van der Waals surface area contributed by atoms with E-state index in [0.717, 1.165) is 18.1 Å². The summed E-state index contributed by atoms with van der Waals surface area (Å²) in [7, 11) is 0. The number of benzene rings is 2. The average Bonchev–Trinajstić information content (AvgIpc) is 2.82. The van der Waals surface area contributed by atoms with Gasteiger partial charge in [-0.05, 0) is 54.8 Å². The van der Waals surface area contributed by atoms with E-state index < -0.39 is 17.8 Å². The lowest BCUT2D eigenvalue weighted by atomic mass is 10.1. The van der Waals surface area contributed by atoms with Gasteiger partial charge in [0.2, 0.25) is 0 Å². The number of carbonyl (C=O) groups is 1. The Balaban J connectivity index is 1.74. The maximum absolute atomic E-state index is 13.0. The molecule has 34 heavy (non-hydrogen) atoms. The van der Waals surface area contributed by atoms with Crippen molar-refractivity contribution in [2.75, 3.05) is 6.61 Å². The Morgan fingerprint density at radius 2 is 1.76 bits per heavy atom. The van der Waals surface area contributed by atoms with Crippen LogP contribution >= 0.6 is 11.6 Å². The van der Waals surface area contributed by atoms with Crippen molar-refractivity contribution in [3.05, 3.63) is 107 Å². The summed E-state index contributed by atoms with van der Waals surface area (Å²) >= 11 is 6.10. The molecule has 0 aliphatic carbocycles. The van der Waals surface area contributed by atoms with Crippen LogP contribution in [-0.4, -0.2) is 29.4 Å². The highest BCUT2D eigenvalue weighted by Gasteiger charge is 2.31. The number of rotatable bonds is 8. The van der Waals surface area contributed by atoms with Gasteiger partial charge in [-0.2, -0.15) is 13.2 Å². The van der Waals surface area contributed by atoms with Gasteiger partial charge in [0.1, 0.15) is 5.70 Å². The Kier molecular flexibility index (Phi) is 8.43. The molecule has 0 unspecified atom stereocenters. The number of halogens is 4. The van der Waals surface area contributed by atoms with Gasteiger partial charge in [0.25, 0.3) is 0 Å². The quantitative estimate of drug-likeness (QED) is 0.238. The van der Waals surface area contributed by atoms with Gasteiger partial charge in [-0.3, -0.25) is 4.98 Å². The molecule has 0 aliphatic rings. The van der Waals surface area contributed by atoms with Crippen molar-refractivity contribution in [1.29, 1.82) is 0 Å². The Morgan fingerprint density at radius 3 is 2.41 bits per heavy atom. The summed E-state index contributed by atoms with van der Waals surface area (Å²) in [5, 5.41) is 0.269. The van der Waals surface area contributed by atoms with Gasteiger partial charge in [-0.25, -0.2) is 9.79 Å². The maximum Gasteiger partial charge on any atom is 0.430 e. The lowest BCUT2D eigenvalue weighted by Gasteiger charge is -2.10. The largest absolute Gasteiger partial charge is 0.462 e. The first kappa shape index (κ1) is 25.0. The number of esters is 1. The molecule has 2 N–H and O–H groups in total. The topological polar surface area (TPSA) is 77.6 Å². The fourth-order valence-electron chi connectivity index (χ4n) is 2.93. The third kappa shape index (κ3) is 7.18. The van der Waals surface area contributed by atoms with Crippen LogP contribution in [0.4, 0.5) is 18.9 Å². The zero-order valence-electron chi connectivity index (χ0n) is 17.9. The summed E-state index contributed by atoms with van der Waals surface area (Å²) in [4.78, 5) is 20.6. The smallest absolute Gasteiger partial charge is 0.430 e. The number of carbonyl (C=O) groups excluding carboxylic acids is 1. The molecule has 2 aromatic carbocycles. The van der Waals surface area contributed by atoms with Gasteiger partial charge in [-0.15, -0.1) is 0 Å². The molecule has 0 saturated heterocycles. The van der Waals surface area contributed by atoms with Crippen LogP contribution in [0.1, 0.15) is 27.9 Å². The van der Waals surface area contributed by atoms with Crippen molar-refractivity contribution in [1.82, 2.24) is 4.98 Å². The third-order valence-electron chi connectivity index (χ3n) is 4.70. The van der Waals surface area contributed by atoms with Crippen LogP contribution in [0.3, 0.4) is 0 Å². The Bertz CT molecular complexity index is 1180. The van der Waals surface area contributed by atoms with E-state index in [4.69, 9.17) is 22.1 Å². The second kappa shape index (κ2) is 11.5. The molecule has 0 aliphatic heterocycles. The molecule has 1 heterocycles. The van der Waals surface area contributed by atoms with Crippen molar-refractivity contribution >= 4 is 29.0 Å². The minimum Gasteiger partial charge on any atom is -0.462 e. The Morgan fingerprint density at radius 1 is 1.06 bits per heavy atom. The average molecular weight is 488 g/mol. The van der Waals surface area contributed by atoms with Crippen molar-refractivity contribution in [3.8, 4) is 0 Å². The molecule has 3 rings (SSSR count). The van der Waals surface area contributed by atoms with Crippen LogP contribution in [0.5, 0.6) is 0 Å². The first-order chi connectivity index (χ1) is 16.2. The van der Waals surface area contributed by atoms with Gasteiger partial charge in [0.05, 0.1) is 28.6 Å². The summed E-state index contributed by atoms with van der Waals surface area (Å²) in [5.74, 6) is -0.535. The van der Waals surface area contributed by atoms with Crippen LogP contribution < -0.4 is 5.73 Å². The number of aryl methyl sites for hydroxylation is 1. The standard InChI is InChI=1S/C25H21ClF3N3O2/c26-20-7-1-2-8-21(20)32-22(15-23(30)25(27,28)29)18-9-11-19(12-10-18)24(33)34-14-4-6-17-5-3-13-31-16-17/h1-3,5,7-13,15-16H,4,6,14,30H2. The number of nitrogens with two attached hydrogens (primary N) is 1. The predicted molar refractivity (Wildman–Crippen MR) is 125 cm³/mol. The number of aliphatic imine (C=N–C) groups is 1. The molecule has 9 heteroatoms. The number of ether oxygens (including phenoxy) is 1. The molecule has 1 aromatic heterocycles. The number of hydrogen-bond donors (Lipinski definition) is 1. The minimum atomic E-state index is -4.72. The molecule has 0 bridgehead atoms. The summed E-state index contributed by atoms with van der Waals surface area (Å²) in [6.07, 6.45) is 0.795. The molecule has 0 fully saturated rings. The number of hydrogen-bond acceptors (Lipinski definition) is 5. The SMILES string of the molecule is NC(=CC(=Nc1ccccc1Cl)c1ccc(C(=O)OCCCc2cccnc2)cc1)C(F)(F)F. The van der Waals surface area contributed by atoms with E-state index in [1.54, 1.807) is 36.7 Å². The molecular weight excluding hydrogens is 467 g/mol. The van der Waals surface area contributed by atoms with Crippen molar-refractivity contribution in [2.24, 2.45) is 10.7 Å². The molecule has 5 nitrogen and oxygen atoms in total. The third-order valence-corrected chi connectivity index (χ3v) is 5.01. The van der Waals surface area contributed by atoms with E-state index in [0.29, 0.717) is 12.0 Å². The molecule has 3 aromatic rings. The monoisotopic (exact) mass is 487 g/mol. The van der Waals surface area contributed by atoms with E-state index in [9.17, 15) is 18.0 Å². The van der Waals surface area contributed by atoms with E-state index in [2.05, 4.69) is 9.98 Å². The summed E-state index contributed by atoms with van der Waals surface area (Å²) in [5.41, 5.74) is 5.75. The molecule has 0 atom stereocenters. The van der Waals surface area contributed by atoms with Gasteiger partial charge in [-0.1, -0.05) is 41.9 Å². The fraction of sp³-hybridized carbons (Fsp3) is 0.160. The van der Waals surface area contributed by atoms with Crippen molar-refractivity contribution in [3.63, 3.8) is 0 Å².